The highest BCUT2D eigenvalue weighted by molar-refractivity contribution is 7.89. The Balaban J connectivity index is 1.28. The van der Waals surface area contributed by atoms with Crippen molar-refractivity contribution in [3.8, 4) is 5.75 Å². The van der Waals surface area contributed by atoms with Crippen LogP contribution in [0.4, 0.5) is 0 Å². The second-order valence-corrected chi connectivity index (χ2v) is 9.86. The Kier molecular flexibility index (Phi) is 7.40. The van der Waals surface area contributed by atoms with Gasteiger partial charge in [0.05, 0.1) is 36.5 Å². The summed E-state index contributed by atoms with van der Waals surface area (Å²) in [5.74, 6) is 0.877. The number of ether oxygens (including phenoxy) is 3. The molecule has 1 aromatic carbocycles. The number of benzene rings is 1. The molecule has 0 atom stereocenters. The zero-order valence-corrected chi connectivity index (χ0v) is 20.0. The van der Waals surface area contributed by atoms with Gasteiger partial charge < -0.3 is 23.2 Å². The second-order valence-electron chi connectivity index (χ2n) is 7.92. The largest absolute Gasteiger partial charge is 0.490 e. The summed E-state index contributed by atoms with van der Waals surface area (Å²) in [5, 5.41) is 0. The Hall–Kier alpha value is -3.08. The van der Waals surface area contributed by atoms with E-state index in [4.69, 9.17) is 18.6 Å². The topological polar surface area (TPSA) is 100 Å². The molecular formula is C24H28N2O7S. The van der Waals surface area contributed by atoms with Crippen LogP contribution in [0.1, 0.15) is 27.5 Å². The third-order valence-electron chi connectivity index (χ3n) is 5.70. The maximum Gasteiger partial charge on any atom is 0.340 e. The van der Waals surface area contributed by atoms with Crippen LogP contribution in [0.15, 0.2) is 58.0 Å². The van der Waals surface area contributed by atoms with E-state index in [1.54, 1.807) is 24.5 Å². The zero-order chi connectivity index (χ0) is 24.1. The van der Waals surface area contributed by atoms with E-state index >= 15 is 0 Å². The smallest absolute Gasteiger partial charge is 0.340 e. The highest BCUT2D eigenvalue weighted by Crippen LogP contribution is 2.21. The Bertz CT molecular complexity index is 1210. The molecule has 0 aliphatic carbocycles. The van der Waals surface area contributed by atoms with Gasteiger partial charge in [0.15, 0.2) is 0 Å². The van der Waals surface area contributed by atoms with E-state index in [1.165, 1.54) is 16.4 Å². The molecule has 0 radical (unpaired) electrons. The molecule has 34 heavy (non-hydrogen) atoms. The number of aromatic nitrogens is 1. The molecule has 0 unspecified atom stereocenters. The van der Waals surface area contributed by atoms with Gasteiger partial charge in [0.2, 0.25) is 10.0 Å². The van der Waals surface area contributed by atoms with Crippen molar-refractivity contribution in [2.24, 2.45) is 0 Å². The van der Waals surface area contributed by atoms with Gasteiger partial charge in [0, 0.05) is 24.5 Å². The Morgan fingerprint density at radius 1 is 1.06 bits per heavy atom. The van der Waals surface area contributed by atoms with Crippen LogP contribution in [0.5, 0.6) is 5.75 Å². The average Bonchev–Trinajstić information content (AvgIpc) is 3.46. The first-order valence-electron chi connectivity index (χ1n) is 11.0. The highest BCUT2D eigenvalue weighted by atomic mass is 32.2. The van der Waals surface area contributed by atoms with E-state index < -0.39 is 16.0 Å². The van der Waals surface area contributed by atoms with Crippen LogP contribution >= 0.6 is 0 Å². The number of morpholine rings is 1. The molecule has 10 heteroatoms. The molecule has 0 N–H and O–H groups in total. The van der Waals surface area contributed by atoms with Gasteiger partial charge in [-0.05, 0) is 56.3 Å². The van der Waals surface area contributed by atoms with Gasteiger partial charge in [0.1, 0.15) is 24.7 Å². The van der Waals surface area contributed by atoms with Crippen LogP contribution in [0.3, 0.4) is 0 Å². The van der Waals surface area contributed by atoms with Gasteiger partial charge in [-0.1, -0.05) is 0 Å². The van der Waals surface area contributed by atoms with E-state index in [0.717, 1.165) is 17.1 Å². The minimum Gasteiger partial charge on any atom is -0.490 e. The summed E-state index contributed by atoms with van der Waals surface area (Å²) in [7, 11) is -3.55. The molecule has 1 aliphatic heterocycles. The van der Waals surface area contributed by atoms with Crippen molar-refractivity contribution in [1.82, 2.24) is 8.87 Å². The maximum atomic E-state index is 12.7. The minimum atomic E-state index is -3.55. The number of nitrogens with zero attached hydrogens (tertiary/aromatic N) is 2. The van der Waals surface area contributed by atoms with Gasteiger partial charge in [0.25, 0.3) is 0 Å². The van der Waals surface area contributed by atoms with Crippen LogP contribution < -0.4 is 4.74 Å². The SMILES string of the molecule is Cc1cc(C(=O)OCCOc2ccc(S(=O)(=O)N3CCOCC3)cc2)c(C)n1Cc1ccco1. The average molecular weight is 489 g/mol. The van der Waals surface area contributed by atoms with Crippen LogP contribution in [0, 0.1) is 13.8 Å². The Morgan fingerprint density at radius 3 is 2.47 bits per heavy atom. The molecule has 1 saturated heterocycles. The number of esters is 1. The molecule has 0 bridgehead atoms. The number of aryl methyl sites for hydroxylation is 1. The lowest BCUT2D eigenvalue weighted by Gasteiger charge is -2.26. The van der Waals surface area contributed by atoms with Crippen LogP contribution in [-0.4, -0.2) is 62.8 Å². The summed E-state index contributed by atoms with van der Waals surface area (Å²) in [6.07, 6.45) is 1.62. The van der Waals surface area contributed by atoms with Crippen molar-refractivity contribution in [3.63, 3.8) is 0 Å². The summed E-state index contributed by atoms with van der Waals surface area (Å²) in [6, 6.07) is 11.7. The molecule has 1 fully saturated rings. The second kappa shape index (κ2) is 10.5. The standard InChI is InChI=1S/C24H28N2O7S/c1-18-16-23(19(2)26(18)17-21-4-3-11-31-21)24(27)33-15-14-32-20-5-7-22(8-6-20)34(28,29)25-9-12-30-13-10-25/h3-8,11,16H,9-10,12-15,17H2,1-2H3. The third kappa shape index (κ3) is 5.35. The number of hydrogen-bond acceptors (Lipinski definition) is 7. The van der Waals surface area contributed by atoms with Gasteiger partial charge in [-0.15, -0.1) is 0 Å². The van der Waals surface area contributed by atoms with E-state index in [1.807, 2.05) is 30.5 Å². The molecular weight excluding hydrogens is 460 g/mol. The predicted octanol–water partition coefficient (Wildman–Crippen LogP) is 3.00. The maximum absolute atomic E-state index is 12.7. The fourth-order valence-electron chi connectivity index (χ4n) is 3.82. The first kappa shape index (κ1) is 24.1. The van der Waals surface area contributed by atoms with Crippen LogP contribution in [-0.2, 0) is 26.0 Å². The number of carbonyl (C=O) groups is 1. The first-order chi connectivity index (χ1) is 16.4. The number of carbonyl (C=O) groups excluding carboxylic acids is 1. The summed E-state index contributed by atoms with van der Waals surface area (Å²) in [4.78, 5) is 12.8. The molecule has 0 amide bonds. The van der Waals surface area contributed by atoms with Crippen LogP contribution in [0.25, 0.3) is 0 Å². The van der Waals surface area contributed by atoms with E-state index in [9.17, 15) is 13.2 Å². The summed E-state index contributed by atoms with van der Waals surface area (Å²) in [5.41, 5.74) is 2.24. The predicted molar refractivity (Wildman–Crippen MR) is 124 cm³/mol. The number of sulfonamides is 1. The molecule has 4 rings (SSSR count). The van der Waals surface area contributed by atoms with E-state index in [2.05, 4.69) is 0 Å². The summed E-state index contributed by atoms with van der Waals surface area (Å²) in [6.45, 7) is 6.03. The fourth-order valence-corrected chi connectivity index (χ4v) is 5.23. The lowest BCUT2D eigenvalue weighted by molar-refractivity contribution is 0.0449. The number of rotatable bonds is 9. The first-order valence-corrected chi connectivity index (χ1v) is 12.5. The molecule has 3 heterocycles. The molecule has 9 nitrogen and oxygen atoms in total. The Labute approximate surface area is 198 Å². The zero-order valence-electron chi connectivity index (χ0n) is 19.2. The van der Waals surface area contributed by atoms with E-state index in [0.29, 0.717) is 44.2 Å². The molecule has 1 aliphatic rings. The molecule has 3 aromatic rings. The third-order valence-corrected chi connectivity index (χ3v) is 7.62. The molecule has 0 saturated carbocycles. The van der Waals surface area contributed by atoms with Crippen molar-refractivity contribution in [2.75, 3.05) is 39.5 Å². The van der Waals surface area contributed by atoms with Crippen molar-refractivity contribution in [2.45, 2.75) is 25.3 Å². The number of hydrogen-bond donors (Lipinski definition) is 0. The summed E-state index contributed by atoms with van der Waals surface area (Å²) >= 11 is 0. The van der Waals surface area contributed by atoms with Crippen molar-refractivity contribution >= 4 is 16.0 Å². The quantitative estimate of drug-likeness (QED) is 0.337. The van der Waals surface area contributed by atoms with Gasteiger partial charge >= 0.3 is 5.97 Å². The van der Waals surface area contributed by atoms with Crippen molar-refractivity contribution < 1.29 is 31.8 Å². The van der Waals surface area contributed by atoms with Crippen molar-refractivity contribution in [3.05, 3.63) is 71.4 Å². The summed E-state index contributed by atoms with van der Waals surface area (Å²) < 4.78 is 50.4. The monoisotopic (exact) mass is 488 g/mol. The lowest BCUT2D eigenvalue weighted by Crippen LogP contribution is -2.40. The van der Waals surface area contributed by atoms with Crippen LogP contribution in [0.2, 0.25) is 0 Å². The van der Waals surface area contributed by atoms with Gasteiger partial charge in [-0.2, -0.15) is 4.31 Å². The molecule has 2 aromatic heterocycles. The van der Waals surface area contributed by atoms with Crippen molar-refractivity contribution in [1.29, 1.82) is 0 Å². The van der Waals surface area contributed by atoms with Gasteiger partial charge in [-0.25, -0.2) is 13.2 Å². The number of furan rings is 1. The molecule has 0 spiro atoms. The molecule has 182 valence electrons. The lowest BCUT2D eigenvalue weighted by atomic mass is 10.2. The van der Waals surface area contributed by atoms with E-state index in [-0.39, 0.29) is 18.1 Å². The highest BCUT2D eigenvalue weighted by Gasteiger charge is 2.26. The fraction of sp³-hybridized carbons (Fsp3) is 0.375. The normalized spacial score (nSPS) is 14.8. The van der Waals surface area contributed by atoms with Gasteiger partial charge in [-0.3, -0.25) is 0 Å². The minimum absolute atomic E-state index is 0.0640. The Morgan fingerprint density at radius 2 is 1.79 bits per heavy atom.